The molecule has 0 amide bonds. The predicted molar refractivity (Wildman–Crippen MR) is 91.4 cm³/mol. The van der Waals surface area contributed by atoms with Crippen molar-refractivity contribution in [1.82, 2.24) is 4.72 Å². The number of nitrogens with one attached hydrogen (secondary N) is 1. The summed E-state index contributed by atoms with van der Waals surface area (Å²) >= 11 is 0. The van der Waals surface area contributed by atoms with Crippen molar-refractivity contribution >= 4 is 20.0 Å². The number of sulfonamides is 2. The Morgan fingerprint density at radius 3 is 1.96 bits per heavy atom. The maximum atomic E-state index is 12.4. The summed E-state index contributed by atoms with van der Waals surface area (Å²) in [6.07, 6.45) is 0. The van der Waals surface area contributed by atoms with Gasteiger partial charge in [-0.25, -0.2) is 26.7 Å². The molecule has 0 aliphatic carbocycles. The first-order valence-electron chi connectivity index (χ1n) is 7.01. The number of rotatable bonds is 7. The lowest BCUT2D eigenvalue weighted by atomic mass is 10.2. The molecule has 0 saturated heterocycles. The summed E-state index contributed by atoms with van der Waals surface area (Å²) in [6.45, 7) is -0.0123. The Morgan fingerprint density at radius 1 is 0.880 bits per heavy atom. The number of ether oxygens (including phenoxy) is 2. The minimum Gasteiger partial charge on any atom is -0.493 e. The molecule has 0 heterocycles. The van der Waals surface area contributed by atoms with Crippen LogP contribution in [0.2, 0.25) is 0 Å². The van der Waals surface area contributed by atoms with Crippen LogP contribution in [0.3, 0.4) is 0 Å². The smallest absolute Gasteiger partial charge is 0.241 e. The van der Waals surface area contributed by atoms with Gasteiger partial charge in [-0.3, -0.25) is 0 Å². The van der Waals surface area contributed by atoms with E-state index < -0.39 is 20.0 Å². The average molecular weight is 386 g/mol. The molecule has 136 valence electrons. The van der Waals surface area contributed by atoms with Crippen LogP contribution < -0.4 is 19.3 Å². The molecule has 8 nitrogen and oxygen atoms in total. The molecule has 3 N–H and O–H groups in total. The van der Waals surface area contributed by atoms with E-state index in [2.05, 4.69) is 4.72 Å². The van der Waals surface area contributed by atoms with Crippen molar-refractivity contribution < 1.29 is 26.3 Å². The highest BCUT2D eigenvalue weighted by molar-refractivity contribution is 7.89. The van der Waals surface area contributed by atoms with Crippen molar-refractivity contribution in [2.45, 2.75) is 16.3 Å². The lowest BCUT2D eigenvalue weighted by molar-refractivity contribution is 0.354. The highest BCUT2D eigenvalue weighted by Crippen LogP contribution is 2.29. The molecule has 2 rings (SSSR count). The van der Waals surface area contributed by atoms with E-state index in [1.54, 1.807) is 0 Å². The maximum Gasteiger partial charge on any atom is 0.241 e. The van der Waals surface area contributed by atoms with Gasteiger partial charge in [-0.1, -0.05) is 12.1 Å². The first kappa shape index (κ1) is 19.2. The molecule has 2 aromatic carbocycles. The molecule has 0 bridgehead atoms. The topological polar surface area (TPSA) is 125 Å². The molecule has 10 heteroatoms. The Kier molecular flexibility index (Phi) is 5.68. The minimum atomic E-state index is -3.78. The zero-order valence-corrected chi connectivity index (χ0v) is 15.2. The molecule has 0 aromatic heterocycles. The van der Waals surface area contributed by atoms with Crippen molar-refractivity contribution in [1.29, 1.82) is 0 Å². The molecule has 0 aliphatic heterocycles. The Labute approximate surface area is 146 Å². The Morgan fingerprint density at radius 2 is 1.44 bits per heavy atom. The van der Waals surface area contributed by atoms with Crippen LogP contribution in [0.1, 0.15) is 5.56 Å². The number of methoxy groups -OCH3 is 2. The summed E-state index contributed by atoms with van der Waals surface area (Å²) in [5, 5.41) is 5.02. The first-order chi connectivity index (χ1) is 11.7. The second-order valence-corrected chi connectivity index (χ2v) is 8.36. The second-order valence-electron chi connectivity index (χ2n) is 5.03. The predicted octanol–water partition coefficient (Wildman–Crippen LogP) is 0.830. The molecule has 0 fully saturated rings. The summed E-state index contributed by atoms with van der Waals surface area (Å²) in [6, 6.07) is 9.84. The molecule has 25 heavy (non-hydrogen) atoms. The second kappa shape index (κ2) is 7.40. The van der Waals surface area contributed by atoms with Crippen LogP contribution in [0.15, 0.2) is 52.3 Å². The summed E-state index contributed by atoms with van der Waals surface area (Å²) in [4.78, 5) is -0.0229. The SMILES string of the molecule is COc1ccc(S(=O)(=O)NCc2ccc(S(N)(=O)=O)cc2)cc1OC. The molecular formula is C15H18N2O6S2. The molecule has 0 aliphatic rings. The van der Waals surface area contributed by atoms with Gasteiger partial charge in [-0.05, 0) is 29.8 Å². The number of hydrogen-bond donors (Lipinski definition) is 2. The van der Waals surface area contributed by atoms with Gasteiger partial charge in [0.05, 0.1) is 24.0 Å². The summed E-state index contributed by atoms with van der Waals surface area (Å²) < 4.78 is 59.8. The fourth-order valence-corrected chi connectivity index (χ4v) is 3.59. The molecule has 0 atom stereocenters. The van der Waals surface area contributed by atoms with Crippen molar-refractivity contribution in [3.8, 4) is 11.5 Å². The monoisotopic (exact) mass is 386 g/mol. The standard InChI is InChI=1S/C15H18N2O6S2/c1-22-14-8-7-13(9-15(14)23-2)25(20,21)17-10-11-3-5-12(6-4-11)24(16,18)19/h3-9,17H,10H2,1-2H3,(H2,16,18,19). The van der Waals surface area contributed by atoms with Crippen molar-refractivity contribution in [2.24, 2.45) is 5.14 Å². The molecule has 0 spiro atoms. The third-order valence-electron chi connectivity index (χ3n) is 3.38. The number of hydrogen-bond acceptors (Lipinski definition) is 6. The summed E-state index contributed by atoms with van der Waals surface area (Å²) in [5.41, 5.74) is 0.580. The van der Waals surface area contributed by atoms with Crippen molar-refractivity contribution in [2.75, 3.05) is 14.2 Å². The third-order valence-corrected chi connectivity index (χ3v) is 5.71. The van der Waals surface area contributed by atoms with Crippen LogP contribution in [0.4, 0.5) is 0 Å². The fourth-order valence-electron chi connectivity index (χ4n) is 2.04. The van der Waals surface area contributed by atoms with Gasteiger partial charge in [0.2, 0.25) is 20.0 Å². The Balaban J connectivity index is 2.16. The van der Waals surface area contributed by atoms with Gasteiger partial charge < -0.3 is 9.47 Å². The first-order valence-corrected chi connectivity index (χ1v) is 10.0. The van der Waals surface area contributed by atoms with Gasteiger partial charge >= 0.3 is 0 Å². The zero-order valence-electron chi connectivity index (χ0n) is 13.6. The van der Waals surface area contributed by atoms with E-state index in [9.17, 15) is 16.8 Å². The lowest BCUT2D eigenvalue weighted by Crippen LogP contribution is -2.23. The normalized spacial score (nSPS) is 12.0. The van der Waals surface area contributed by atoms with Gasteiger partial charge in [0.25, 0.3) is 0 Å². The van der Waals surface area contributed by atoms with Gasteiger partial charge in [0, 0.05) is 12.6 Å². The average Bonchev–Trinajstić information content (AvgIpc) is 2.59. The fraction of sp³-hybridized carbons (Fsp3) is 0.200. The van der Waals surface area contributed by atoms with Crippen LogP contribution in [0.5, 0.6) is 11.5 Å². The van der Waals surface area contributed by atoms with Gasteiger partial charge in [0.1, 0.15) is 0 Å². The molecule has 0 radical (unpaired) electrons. The highest BCUT2D eigenvalue weighted by Gasteiger charge is 2.17. The van der Waals surface area contributed by atoms with Gasteiger partial charge in [-0.2, -0.15) is 0 Å². The van der Waals surface area contributed by atoms with E-state index in [0.717, 1.165) is 0 Å². The zero-order chi connectivity index (χ0) is 18.7. The number of nitrogens with two attached hydrogens (primary N) is 1. The number of benzene rings is 2. The van der Waals surface area contributed by atoms with Crippen LogP contribution >= 0.6 is 0 Å². The molecule has 2 aromatic rings. The third kappa shape index (κ3) is 4.69. The van der Waals surface area contributed by atoms with Crippen molar-refractivity contribution in [3.63, 3.8) is 0 Å². The quantitative estimate of drug-likeness (QED) is 0.726. The van der Waals surface area contributed by atoms with E-state index in [1.807, 2.05) is 0 Å². The maximum absolute atomic E-state index is 12.4. The van der Waals surface area contributed by atoms with Crippen LogP contribution in [0, 0.1) is 0 Å². The Hall–Kier alpha value is -2.14. The molecule has 0 unspecified atom stereocenters. The largest absolute Gasteiger partial charge is 0.493 e. The highest BCUT2D eigenvalue weighted by atomic mass is 32.2. The minimum absolute atomic E-state index is 0.0123. The van der Waals surface area contributed by atoms with Gasteiger partial charge in [0.15, 0.2) is 11.5 Å². The molecular weight excluding hydrogens is 368 g/mol. The summed E-state index contributed by atoms with van der Waals surface area (Å²) in [7, 11) is -4.70. The van der Waals surface area contributed by atoms with E-state index in [1.165, 1.54) is 56.7 Å². The van der Waals surface area contributed by atoms with Crippen LogP contribution in [-0.4, -0.2) is 31.1 Å². The van der Waals surface area contributed by atoms with E-state index in [-0.39, 0.29) is 16.3 Å². The van der Waals surface area contributed by atoms with Crippen LogP contribution in [-0.2, 0) is 26.6 Å². The molecule has 0 saturated carbocycles. The van der Waals surface area contributed by atoms with E-state index >= 15 is 0 Å². The Bertz CT molecular complexity index is 954. The summed E-state index contributed by atoms with van der Waals surface area (Å²) in [5.74, 6) is 0.711. The van der Waals surface area contributed by atoms with Gasteiger partial charge in [-0.15, -0.1) is 0 Å². The number of primary sulfonamides is 1. The van der Waals surface area contributed by atoms with E-state index in [4.69, 9.17) is 14.6 Å². The van der Waals surface area contributed by atoms with E-state index in [0.29, 0.717) is 17.1 Å². The lowest BCUT2D eigenvalue weighted by Gasteiger charge is -2.11. The van der Waals surface area contributed by atoms with Crippen molar-refractivity contribution in [3.05, 3.63) is 48.0 Å². The van der Waals surface area contributed by atoms with Crippen LogP contribution in [0.25, 0.3) is 0 Å².